The molecule has 0 unspecified atom stereocenters. The number of benzene rings is 1. The van der Waals surface area contributed by atoms with E-state index in [0.717, 1.165) is 32.0 Å². The molecule has 0 aliphatic carbocycles. The Balaban J connectivity index is 1.74. The molecule has 22 heavy (non-hydrogen) atoms. The van der Waals surface area contributed by atoms with E-state index in [-0.39, 0.29) is 5.82 Å². The first-order valence-electron chi connectivity index (χ1n) is 7.23. The van der Waals surface area contributed by atoms with Gasteiger partial charge in [0, 0.05) is 33.2 Å². The van der Waals surface area contributed by atoms with E-state index >= 15 is 0 Å². The molecule has 0 amide bonds. The lowest BCUT2D eigenvalue weighted by Gasteiger charge is -2.37. The smallest absolute Gasteiger partial charge is 0.157 e. The summed E-state index contributed by atoms with van der Waals surface area (Å²) in [6.45, 7) is 2.91. The molecule has 0 atom stereocenters. The van der Waals surface area contributed by atoms with Crippen LogP contribution in [0.15, 0.2) is 30.6 Å². The third-order valence-corrected chi connectivity index (χ3v) is 3.87. The molecule has 0 radical (unpaired) electrons. The van der Waals surface area contributed by atoms with Crippen LogP contribution < -0.4 is 20.9 Å². The standard InChI is InChI=1S/C15H19FN6/c1-18-14-13(17)15(20-10-19-14)22-8-6-21(7-9-22)12-5-3-2-4-11(12)16/h2-5,10H,6-9,17H2,1H3,(H,18,19,20). The first kappa shape index (κ1) is 14.4. The van der Waals surface area contributed by atoms with Gasteiger partial charge in [-0.25, -0.2) is 14.4 Å². The van der Waals surface area contributed by atoms with E-state index in [4.69, 9.17) is 5.73 Å². The Morgan fingerprint density at radius 1 is 1.09 bits per heavy atom. The van der Waals surface area contributed by atoms with Crippen molar-refractivity contribution in [2.24, 2.45) is 0 Å². The fourth-order valence-electron chi connectivity index (χ4n) is 2.70. The van der Waals surface area contributed by atoms with E-state index in [2.05, 4.69) is 20.2 Å². The summed E-state index contributed by atoms with van der Waals surface area (Å²) >= 11 is 0. The monoisotopic (exact) mass is 302 g/mol. The fourth-order valence-corrected chi connectivity index (χ4v) is 2.70. The van der Waals surface area contributed by atoms with E-state index in [0.29, 0.717) is 17.2 Å². The summed E-state index contributed by atoms with van der Waals surface area (Å²) in [7, 11) is 1.78. The first-order valence-corrected chi connectivity index (χ1v) is 7.23. The van der Waals surface area contributed by atoms with Crippen molar-refractivity contribution in [1.82, 2.24) is 9.97 Å². The van der Waals surface area contributed by atoms with Gasteiger partial charge in [0.1, 0.15) is 17.8 Å². The molecule has 3 rings (SSSR count). The van der Waals surface area contributed by atoms with Gasteiger partial charge in [-0.15, -0.1) is 0 Å². The lowest BCUT2D eigenvalue weighted by molar-refractivity contribution is 0.596. The highest BCUT2D eigenvalue weighted by molar-refractivity contribution is 5.75. The number of nitrogens with one attached hydrogen (secondary N) is 1. The van der Waals surface area contributed by atoms with Gasteiger partial charge >= 0.3 is 0 Å². The van der Waals surface area contributed by atoms with Gasteiger partial charge in [-0.3, -0.25) is 0 Å². The van der Waals surface area contributed by atoms with Crippen molar-refractivity contribution < 1.29 is 4.39 Å². The molecule has 7 heteroatoms. The molecule has 0 bridgehead atoms. The minimum absolute atomic E-state index is 0.185. The van der Waals surface area contributed by atoms with Crippen LogP contribution in [0.3, 0.4) is 0 Å². The van der Waals surface area contributed by atoms with Crippen LogP contribution in [-0.2, 0) is 0 Å². The molecular weight excluding hydrogens is 283 g/mol. The van der Waals surface area contributed by atoms with Crippen molar-refractivity contribution >= 4 is 23.0 Å². The summed E-state index contributed by atoms with van der Waals surface area (Å²) in [6, 6.07) is 6.86. The molecule has 1 aliphatic heterocycles. The summed E-state index contributed by atoms with van der Waals surface area (Å²) in [5.41, 5.74) is 7.28. The highest BCUT2D eigenvalue weighted by atomic mass is 19.1. The van der Waals surface area contributed by atoms with Gasteiger partial charge in [-0.05, 0) is 12.1 Å². The van der Waals surface area contributed by atoms with Gasteiger partial charge in [-0.1, -0.05) is 12.1 Å². The Morgan fingerprint density at radius 2 is 1.77 bits per heavy atom. The number of aromatic nitrogens is 2. The minimum Gasteiger partial charge on any atom is -0.393 e. The average molecular weight is 302 g/mol. The lowest BCUT2D eigenvalue weighted by atomic mass is 10.2. The second-order valence-electron chi connectivity index (χ2n) is 5.14. The normalized spacial score (nSPS) is 15.0. The van der Waals surface area contributed by atoms with Crippen molar-refractivity contribution in [2.45, 2.75) is 0 Å². The Hall–Kier alpha value is -2.57. The van der Waals surface area contributed by atoms with Crippen LogP contribution in [0.1, 0.15) is 0 Å². The van der Waals surface area contributed by atoms with E-state index in [9.17, 15) is 4.39 Å². The van der Waals surface area contributed by atoms with Crippen LogP contribution in [0.5, 0.6) is 0 Å². The summed E-state index contributed by atoms with van der Waals surface area (Å²) in [5, 5.41) is 2.95. The summed E-state index contributed by atoms with van der Waals surface area (Å²) < 4.78 is 13.9. The third kappa shape index (κ3) is 2.61. The first-order chi connectivity index (χ1) is 10.7. The zero-order chi connectivity index (χ0) is 15.5. The summed E-state index contributed by atoms with van der Waals surface area (Å²) in [6.07, 6.45) is 1.50. The van der Waals surface area contributed by atoms with Crippen LogP contribution in [0.2, 0.25) is 0 Å². The highest BCUT2D eigenvalue weighted by Crippen LogP contribution is 2.27. The second kappa shape index (κ2) is 6.05. The third-order valence-electron chi connectivity index (χ3n) is 3.87. The molecule has 0 spiro atoms. The lowest BCUT2D eigenvalue weighted by Crippen LogP contribution is -2.47. The highest BCUT2D eigenvalue weighted by Gasteiger charge is 2.22. The number of rotatable bonds is 3. The Morgan fingerprint density at radius 3 is 2.45 bits per heavy atom. The number of nitrogens with zero attached hydrogens (tertiary/aromatic N) is 4. The number of hydrogen-bond donors (Lipinski definition) is 2. The number of halogens is 1. The quantitative estimate of drug-likeness (QED) is 0.897. The van der Waals surface area contributed by atoms with Crippen LogP contribution >= 0.6 is 0 Å². The zero-order valence-corrected chi connectivity index (χ0v) is 12.5. The van der Waals surface area contributed by atoms with Crippen molar-refractivity contribution in [3.05, 3.63) is 36.4 Å². The molecule has 1 aliphatic rings. The van der Waals surface area contributed by atoms with Crippen LogP contribution in [0.4, 0.5) is 27.4 Å². The molecule has 3 N–H and O–H groups in total. The van der Waals surface area contributed by atoms with Crippen molar-refractivity contribution in [2.75, 3.05) is 54.1 Å². The number of hydrogen-bond acceptors (Lipinski definition) is 6. The Kier molecular flexibility index (Phi) is 3.95. The van der Waals surface area contributed by atoms with Gasteiger partial charge in [-0.2, -0.15) is 0 Å². The summed E-state index contributed by atoms with van der Waals surface area (Å²) in [4.78, 5) is 12.5. The predicted molar refractivity (Wildman–Crippen MR) is 86.8 cm³/mol. The van der Waals surface area contributed by atoms with Crippen molar-refractivity contribution in [3.8, 4) is 0 Å². The molecule has 1 aromatic carbocycles. The van der Waals surface area contributed by atoms with Gasteiger partial charge in [0.05, 0.1) is 5.69 Å². The van der Waals surface area contributed by atoms with E-state index in [1.54, 1.807) is 13.1 Å². The largest absolute Gasteiger partial charge is 0.393 e. The topological polar surface area (TPSA) is 70.3 Å². The van der Waals surface area contributed by atoms with Crippen LogP contribution in [-0.4, -0.2) is 43.2 Å². The van der Waals surface area contributed by atoms with Crippen LogP contribution in [0, 0.1) is 5.82 Å². The number of nitrogens with two attached hydrogens (primary N) is 1. The molecule has 1 fully saturated rings. The number of piperazine rings is 1. The number of anilines is 4. The maximum absolute atomic E-state index is 13.9. The molecular formula is C15H19FN6. The molecule has 6 nitrogen and oxygen atoms in total. The molecule has 2 heterocycles. The van der Waals surface area contributed by atoms with Crippen molar-refractivity contribution in [1.29, 1.82) is 0 Å². The number of para-hydroxylation sites is 1. The number of nitrogen functional groups attached to an aromatic ring is 1. The Bertz CT molecular complexity index is 654. The van der Waals surface area contributed by atoms with E-state index in [1.807, 2.05) is 17.0 Å². The van der Waals surface area contributed by atoms with Gasteiger partial charge in [0.2, 0.25) is 0 Å². The maximum atomic E-state index is 13.9. The molecule has 116 valence electrons. The van der Waals surface area contributed by atoms with E-state index < -0.39 is 0 Å². The fraction of sp³-hybridized carbons (Fsp3) is 0.333. The average Bonchev–Trinajstić information content (AvgIpc) is 2.56. The second-order valence-corrected chi connectivity index (χ2v) is 5.14. The van der Waals surface area contributed by atoms with Gasteiger partial charge < -0.3 is 20.9 Å². The van der Waals surface area contributed by atoms with Crippen molar-refractivity contribution in [3.63, 3.8) is 0 Å². The molecule has 0 saturated carbocycles. The maximum Gasteiger partial charge on any atom is 0.157 e. The van der Waals surface area contributed by atoms with Gasteiger partial charge in [0.15, 0.2) is 11.6 Å². The predicted octanol–water partition coefficient (Wildman–Crippen LogP) is 1.57. The molecule has 1 saturated heterocycles. The SMILES string of the molecule is CNc1ncnc(N2CCN(c3ccccc3F)CC2)c1N. The minimum atomic E-state index is -0.185. The molecule has 2 aromatic rings. The zero-order valence-electron chi connectivity index (χ0n) is 12.5. The van der Waals surface area contributed by atoms with E-state index in [1.165, 1.54) is 12.4 Å². The van der Waals surface area contributed by atoms with Crippen LogP contribution in [0.25, 0.3) is 0 Å². The van der Waals surface area contributed by atoms with Gasteiger partial charge in [0.25, 0.3) is 0 Å². The Labute approximate surface area is 128 Å². The molecule has 1 aromatic heterocycles. The summed E-state index contributed by atoms with van der Waals surface area (Å²) in [5.74, 6) is 1.17.